The van der Waals surface area contributed by atoms with E-state index in [-0.39, 0.29) is 0 Å². The molecule has 0 unspecified atom stereocenters. The maximum absolute atomic E-state index is 6.17. The van der Waals surface area contributed by atoms with Gasteiger partial charge in [0.05, 0.1) is 29.5 Å². The van der Waals surface area contributed by atoms with Crippen LogP contribution in [0.1, 0.15) is 11.3 Å². The van der Waals surface area contributed by atoms with Gasteiger partial charge >= 0.3 is 0 Å². The van der Waals surface area contributed by atoms with Crippen molar-refractivity contribution in [1.29, 1.82) is 0 Å². The van der Waals surface area contributed by atoms with Crippen molar-refractivity contribution in [2.24, 2.45) is 0 Å². The van der Waals surface area contributed by atoms with Crippen molar-refractivity contribution in [2.75, 3.05) is 11.4 Å². The summed E-state index contributed by atoms with van der Waals surface area (Å²) in [6.07, 6.45) is 4.14. The van der Waals surface area contributed by atoms with Crippen LogP contribution in [-0.4, -0.2) is 31.4 Å². The molecule has 0 N–H and O–H groups in total. The minimum Gasteiger partial charge on any atom is -0.356 e. The molecule has 0 saturated carbocycles. The molecule has 1 aliphatic heterocycles. The molecule has 0 radical (unpaired) electrons. The van der Waals surface area contributed by atoms with E-state index in [1.54, 1.807) is 17.2 Å². The molecule has 1 aliphatic rings. The molecule has 6 rings (SSSR count). The molecule has 0 spiro atoms. The Morgan fingerprint density at radius 2 is 1.84 bits per heavy atom. The molecule has 9 heteroatoms. The maximum Gasteiger partial charge on any atom is 0.172 e. The van der Waals surface area contributed by atoms with Gasteiger partial charge in [0.25, 0.3) is 0 Å². The molecule has 7 nitrogen and oxygen atoms in total. The minimum absolute atomic E-state index is 0.630. The Morgan fingerprint density at radius 3 is 2.69 bits per heavy atom. The first-order valence-electron chi connectivity index (χ1n) is 10.1. The van der Waals surface area contributed by atoms with Crippen molar-refractivity contribution >= 4 is 40.1 Å². The van der Waals surface area contributed by atoms with Crippen LogP contribution in [0.25, 0.3) is 28.0 Å². The molecule has 4 heterocycles. The van der Waals surface area contributed by atoms with E-state index in [1.807, 2.05) is 48.5 Å². The van der Waals surface area contributed by atoms with Crippen LogP contribution in [0.3, 0.4) is 0 Å². The summed E-state index contributed by atoms with van der Waals surface area (Å²) in [6, 6.07) is 15.1. The van der Waals surface area contributed by atoms with Gasteiger partial charge < -0.3 is 9.42 Å². The lowest BCUT2D eigenvalue weighted by molar-refractivity contribution is 0.424. The summed E-state index contributed by atoms with van der Waals surface area (Å²) in [4.78, 5) is 11.3. The Balaban J connectivity index is 1.39. The maximum atomic E-state index is 6.17. The lowest BCUT2D eigenvalue weighted by atomic mass is 10.0. The first kappa shape index (κ1) is 19.3. The van der Waals surface area contributed by atoms with E-state index in [9.17, 15) is 0 Å². The van der Waals surface area contributed by atoms with Gasteiger partial charge in [0.15, 0.2) is 11.4 Å². The van der Waals surface area contributed by atoms with Crippen molar-refractivity contribution < 1.29 is 4.52 Å². The zero-order chi connectivity index (χ0) is 21.7. The van der Waals surface area contributed by atoms with Crippen LogP contribution in [0, 0.1) is 0 Å². The smallest absolute Gasteiger partial charge is 0.172 e. The number of nitrogens with zero attached hydrogens (tertiary/aromatic N) is 6. The molecule has 2 aromatic carbocycles. The van der Waals surface area contributed by atoms with Gasteiger partial charge in [0.2, 0.25) is 0 Å². The van der Waals surface area contributed by atoms with E-state index in [4.69, 9.17) is 27.7 Å². The van der Waals surface area contributed by atoms with E-state index >= 15 is 0 Å². The van der Waals surface area contributed by atoms with Gasteiger partial charge in [-0.15, -0.1) is 0 Å². The third-order valence-electron chi connectivity index (χ3n) is 5.64. The number of hydrogen-bond donors (Lipinski definition) is 0. The zero-order valence-corrected chi connectivity index (χ0v) is 18.3. The molecule has 5 aromatic rings. The van der Waals surface area contributed by atoms with Crippen molar-refractivity contribution in [3.63, 3.8) is 0 Å². The summed E-state index contributed by atoms with van der Waals surface area (Å²) in [5, 5.41) is 11.1. The summed E-state index contributed by atoms with van der Waals surface area (Å²) in [6.45, 7) is 1.40. The number of anilines is 1. The molecular formula is C23H16Cl2N6O. The first-order valence-corrected chi connectivity index (χ1v) is 10.9. The van der Waals surface area contributed by atoms with Gasteiger partial charge in [-0.25, -0.2) is 14.6 Å². The van der Waals surface area contributed by atoms with E-state index < -0.39 is 0 Å². The molecule has 0 fully saturated rings. The Hall–Kier alpha value is -3.42. The van der Waals surface area contributed by atoms with Crippen LogP contribution in [0.4, 0.5) is 5.82 Å². The third-order valence-corrected chi connectivity index (χ3v) is 6.13. The molecule has 0 saturated heterocycles. The highest BCUT2D eigenvalue weighted by molar-refractivity contribution is 6.31. The van der Waals surface area contributed by atoms with Crippen LogP contribution >= 0.6 is 23.2 Å². The summed E-state index contributed by atoms with van der Waals surface area (Å²) in [7, 11) is 0. The summed E-state index contributed by atoms with van der Waals surface area (Å²) < 4.78 is 7.48. The zero-order valence-electron chi connectivity index (χ0n) is 16.7. The Kier molecular flexibility index (Phi) is 4.59. The molecular weight excluding hydrogens is 447 g/mol. The van der Waals surface area contributed by atoms with E-state index in [1.165, 1.54) is 0 Å². The molecule has 0 bridgehead atoms. The monoisotopic (exact) mass is 462 g/mol. The largest absolute Gasteiger partial charge is 0.356 e. The number of halogens is 2. The van der Waals surface area contributed by atoms with Crippen LogP contribution < -0.4 is 4.90 Å². The Labute approximate surface area is 193 Å². The van der Waals surface area contributed by atoms with Crippen molar-refractivity contribution in [3.05, 3.63) is 82.4 Å². The number of hydrogen-bond acceptors (Lipinski definition) is 6. The average molecular weight is 463 g/mol. The lowest BCUT2D eigenvalue weighted by Crippen LogP contribution is -2.31. The average Bonchev–Trinajstić information content (AvgIpc) is 3.43. The fourth-order valence-electron chi connectivity index (χ4n) is 4.10. The highest BCUT2D eigenvalue weighted by atomic mass is 35.5. The van der Waals surface area contributed by atoms with Crippen LogP contribution in [0.2, 0.25) is 10.0 Å². The third kappa shape index (κ3) is 3.21. The second kappa shape index (κ2) is 7.62. The predicted octanol–water partition coefficient (Wildman–Crippen LogP) is 5.34. The highest BCUT2D eigenvalue weighted by Gasteiger charge is 2.27. The first-order chi connectivity index (χ1) is 15.7. The van der Waals surface area contributed by atoms with Gasteiger partial charge in [0.1, 0.15) is 12.1 Å². The molecule has 0 amide bonds. The summed E-state index contributed by atoms with van der Waals surface area (Å²) >= 11 is 12.2. The quantitative estimate of drug-likeness (QED) is 0.360. The fraction of sp³-hybridized carbons (Fsp3) is 0.130. The van der Waals surface area contributed by atoms with Gasteiger partial charge in [-0.1, -0.05) is 34.4 Å². The number of benzene rings is 2. The molecule has 0 aliphatic carbocycles. The van der Waals surface area contributed by atoms with Gasteiger partial charge in [-0.2, -0.15) is 5.10 Å². The van der Waals surface area contributed by atoms with E-state index in [2.05, 4.69) is 25.1 Å². The standard InChI is InChI=1S/C23H16Cl2N6O/c24-15-6-4-14(5-7-15)21-19-12-30(9-8-20(19)29-32-21)22-18-11-28-31(23(18)27-13-26-22)17-3-1-2-16(25)10-17/h1-7,10-11,13H,8-9,12H2. The SMILES string of the molecule is Clc1ccc(-c2onc3c2CN(c2ncnc4c2cnn4-c2cccc(Cl)c2)CC3)cc1. The predicted molar refractivity (Wildman–Crippen MR) is 123 cm³/mol. The van der Waals surface area contributed by atoms with E-state index in [0.717, 1.165) is 58.1 Å². The topological polar surface area (TPSA) is 72.9 Å². The van der Waals surface area contributed by atoms with Crippen LogP contribution in [0.5, 0.6) is 0 Å². The lowest BCUT2D eigenvalue weighted by Gasteiger charge is -2.27. The molecule has 32 heavy (non-hydrogen) atoms. The van der Waals surface area contributed by atoms with Crippen molar-refractivity contribution in [3.8, 4) is 17.0 Å². The Morgan fingerprint density at radius 1 is 0.969 bits per heavy atom. The van der Waals surface area contributed by atoms with Gasteiger partial charge in [-0.05, 0) is 42.5 Å². The normalized spacial score (nSPS) is 13.5. The van der Waals surface area contributed by atoms with Crippen LogP contribution in [-0.2, 0) is 13.0 Å². The second-order valence-corrected chi connectivity index (χ2v) is 8.46. The van der Waals surface area contributed by atoms with Gasteiger partial charge in [0, 0.05) is 34.1 Å². The molecule has 158 valence electrons. The molecule has 3 aromatic heterocycles. The fourth-order valence-corrected chi connectivity index (χ4v) is 4.41. The summed E-state index contributed by atoms with van der Waals surface area (Å²) in [5.41, 5.74) is 4.57. The van der Waals surface area contributed by atoms with E-state index in [0.29, 0.717) is 16.6 Å². The minimum atomic E-state index is 0.630. The van der Waals surface area contributed by atoms with Crippen LogP contribution in [0.15, 0.2) is 65.6 Å². The number of aromatic nitrogens is 5. The van der Waals surface area contributed by atoms with Gasteiger partial charge in [-0.3, -0.25) is 0 Å². The molecule has 0 atom stereocenters. The summed E-state index contributed by atoms with van der Waals surface area (Å²) in [5.74, 6) is 1.60. The van der Waals surface area contributed by atoms with Crippen molar-refractivity contribution in [2.45, 2.75) is 13.0 Å². The second-order valence-electron chi connectivity index (χ2n) is 7.59. The van der Waals surface area contributed by atoms with Crippen molar-refractivity contribution in [1.82, 2.24) is 24.9 Å². The number of rotatable bonds is 3. The Bertz CT molecular complexity index is 1440. The highest BCUT2D eigenvalue weighted by Crippen LogP contribution is 2.34. The number of fused-ring (bicyclic) bond motifs is 2.